The van der Waals surface area contributed by atoms with Gasteiger partial charge in [-0.25, -0.2) is 13.1 Å². The van der Waals surface area contributed by atoms with Gasteiger partial charge < -0.3 is 5.73 Å². The molecule has 0 radical (unpaired) electrons. The molecule has 0 amide bonds. The van der Waals surface area contributed by atoms with Gasteiger partial charge in [-0.2, -0.15) is 0 Å². The van der Waals surface area contributed by atoms with Gasteiger partial charge in [-0.1, -0.05) is 19.8 Å². The Kier molecular flexibility index (Phi) is 4.84. The predicted molar refractivity (Wildman–Crippen MR) is 82.8 cm³/mol. The molecular formula is C14H21N3O4S. The second-order valence-electron chi connectivity index (χ2n) is 5.86. The number of non-ortho nitro benzene ring substituents is 1. The Balaban J connectivity index is 2.27. The highest BCUT2D eigenvalue weighted by Crippen LogP contribution is 2.34. The van der Waals surface area contributed by atoms with Gasteiger partial charge in [0.1, 0.15) is 0 Å². The summed E-state index contributed by atoms with van der Waals surface area (Å²) in [5.41, 5.74) is 5.08. The Morgan fingerprint density at radius 1 is 1.36 bits per heavy atom. The summed E-state index contributed by atoms with van der Waals surface area (Å²) >= 11 is 0. The molecule has 0 heterocycles. The van der Waals surface area contributed by atoms with Crippen LogP contribution in [0.3, 0.4) is 0 Å². The van der Waals surface area contributed by atoms with E-state index in [9.17, 15) is 18.5 Å². The zero-order valence-electron chi connectivity index (χ0n) is 12.5. The molecule has 0 spiro atoms. The third kappa shape index (κ3) is 3.29. The van der Waals surface area contributed by atoms with Crippen molar-refractivity contribution in [2.24, 2.45) is 11.7 Å². The summed E-state index contributed by atoms with van der Waals surface area (Å²) in [4.78, 5) is 10.1. The number of hydrogen-bond acceptors (Lipinski definition) is 5. The molecule has 0 aromatic heterocycles. The maximum atomic E-state index is 12.6. The Hall–Kier alpha value is -1.51. The quantitative estimate of drug-likeness (QED) is 0.632. The van der Waals surface area contributed by atoms with Crippen molar-refractivity contribution in [3.05, 3.63) is 34.4 Å². The van der Waals surface area contributed by atoms with Crippen molar-refractivity contribution in [1.82, 2.24) is 4.72 Å². The molecule has 8 heteroatoms. The molecule has 2 atom stereocenters. The molecule has 0 saturated heterocycles. The fraction of sp³-hybridized carbons (Fsp3) is 0.571. The third-order valence-electron chi connectivity index (χ3n) is 4.51. The number of hydrogen-bond donors (Lipinski definition) is 2. The fourth-order valence-electron chi connectivity index (χ4n) is 2.98. The van der Waals surface area contributed by atoms with Gasteiger partial charge in [0.05, 0.1) is 9.82 Å². The Bertz CT molecular complexity index is 645. The molecule has 2 rings (SSSR count). The maximum absolute atomic E-state index is 12.6. The number of benzene rings is 1. The van der Waals surface area contributed by atoms with Crippen LogP contribution >= 0.6 is 0 Å². The van der Waals surface area contributed by atoms with E-state index in [0.717, 1.165) is 19.3 Å². The molecule has 0 aliphatic heterocycles. The maximum Gasteiger partial charge on any atom is 0.269 e. The van der Waals surface area contributed by atoms with Crippen molar-refractivity contribution in [2.45, 2.75) is 43.0 Å². The van der Waals surface area contributed by atoms with E-state index in [1.807, 2.05) is 6.92 Å². The molecule has 0 bridgehead atoms. The second-order valence-corrected chi connectivity index (χ2v) is 7.55. The molecule has 22 heavy (non-hydrogen) atoms. The molecule has 1 aliphatic rings. The van der Waals surface area contributed by atoms with Crippen molar-refractivity contribution in [1.29, 1.82) is 0 Å². The van der Waals surface area contributed by atoms with Crippen molar-refractivity contribution in [3.63, 3.8) is 0 Å². The average Bonchev–Trinajstić information content (AvgIpc) is 2.49. The molecule has 3 N–H and O–H groups in total. The zero-order valence-corrected chi connectivity index (χ0v) is 13.3. The van der Waals surface area contributed by atoms with Crippen LogP contribution in [-0.4, -0.2) is 25.4 Å². The summed E-state index contributed by atoms with van der Waals surface area (Å²) in [6, 6.07) is 4.87. The Labute approximate surface area is 130 Å². The average molecular weight is 327 g/mol. The SMILES string of the molecule is C[C@@H]1CCCC[C@@]1(CN)NS(=O)(=O)c1ccc([N+](=O)[O-])cc1. The van der Waals surface area contributed by atoms with Gasteiger partial charge in [-0.15, -0.1) is 0 Å². The van der Waals surface area contributed by atoms with Crippen molar-refractivity contribution in [2.75, 3.05) is 6.54 Å². The molecule has 1 saturated carbocycles. The van der Waals surface area contributed by atoms with Gasteiger partial charge >= 0.3 is 0 Å². The van der Waals surface area contributed by atoms with Crippen LogP contribution in [-0.2, 0) is 10.0 Å². The first-order valence-electron chi connectivity index (χ1n) is 7.29. The first kappa shape index (κ1) is 16.9. The van der Waals surface area contributed by atoms with Crippen LogP contribution in [0.1, 0.15) is 32.6 Å². The highest BCUT2D eigenvalue weighted by atomic mass is 32.2. The smallest absolute Gasteiger partial charge is 0.269 e. The molecule has 1 aliphatic carbocycles. The van der Waals surface area contributed by atoms with E-state index in [2.05, 4.69) is 4.72 Å². The lowest BCUT2D eigenvalue weighted by Gasteiger charge is -2.42. The van der Waals surface area contributed by atoms with E-state index in [1.54, 1.807) is 0 Å². The number of sulfonamides is 1. The Morgan fingerprint density at radius 2 is 2.00 bits per heavy atom. The second kappa shape index (κ2) is 6.31. The third-order valence-corrected chi connectivity index (χ3v) is 6.08. The molecule has 1 aromatic rings. The first-order chi connectivity index (χ1) is 10.3. The molecule has 7 nitrogen and oxygen atoms in total. The van der Waals surface area contributed by atoms with Crippen LogP contribution in [0.25, 0.3) is 0 Å². The van der Waals surface area contributed by atoms with Crippen LogP contribution in [0.15, 0.2) is 29.2 Å². The lowest BCUT2D eigenvalue weighted by atomic mass is 9.74. The van der Waals surface area contributed by atoms with Gasteiger partial charge in [0.2, 0.25) is 10.0 Å². The van der Waals surface area contributed by atoms with E-state index in [4.69, 9.17) is 5.73 Å². The van der Waals surface area contributed by atoms with E-state index in [-0.39, 0.29) is 23.0 Å². The summed E-state index contributed by atoms with van der Waals surface area (Å²) in [7, 11) is -3.76. The number of nitrogens with one attached hydrogen (secondary N) is 1. The van der Waals surface area contributed by atoms with Crippen LogP contribution in [0, 0.1) is 16.0 Å². The lowest BCUT2D eigenvalue weighted by Crippen LogP contribution is -2.58. The molecular weight excluding hydrogens is 306 g/mol. The zero-order chi connectivity index (χ0) is 16.4. The van der Waals surface area contributed by atoms with Crippen molar-refractivity contribution >= 4 is 15.7 Å². The van der Waals surface area contributed by atoms with Gasteiger partial charge in [-0.3, -0.25) is 10.1 Å². The fourth-order valence-corrected chi connectivity index (χ4v) is 4.52. The van der Waals surface area contributed by atoms with E-state index < -0.39 is 20.5 Å². The lowest BCUT2D eigenvalue weighted by molar-refractivity contribution is -0.384. The standard InChI is InChI=1S/C14H21N3O4S/c1-11-4-2-3-9-14(11,10-15)16-22(20,21)13-7-5-12(6-8-13)17(18)19/h5-8,11,16H,2-4,9-10,15H2,1H3/t11-,14+/m1/s1. The summed E-state index contributed by atoms with van der Waals surface area (Å²) in [6.07, 6.45) is 3.64. The van der Waals surface area contributed by atoms with Crippen molar-refractivity contribution < 1.29 is 13.3 Å². The minimum absolute atomic E-state index is 0.0173. The number of nitro groups is 1. The minimum Gasteiger partial charge on any atom is -0.329 e. The Morgan fingerprint density at radius 3 is 2.50 bits per heavy atom. The van der Waals surface area contributed by atoms with Gasteiger partial charge in [0.15, 0.2) is 0 Å². The summed E-state index contributed by atoms with van der Waals surface area (Å²) < 4.78 is 27.9. The van der Waals surface area contributed by atoms with Gasteiger partial charge in [-0.05, 0) is 30.9 Å². The number of rotatable bonds is 5. The monoisotopic (exact) mass is 327 g/mol. The van der Waals surface area contributed by atoms with Crippen molar-refractivity contribution in [3.8, 4) is 0 Å². The molecule has 1 fully saturated rings. The van der Waals surface area contributed by atoms with Crippen LogP contribution in [0.5, 0.6) is 0 Å². The summed E-state index contributed by atoms with van der Waals surface area (Å²) in [5.74, 6) is 0.152. The van der Waals surface area contributed by atoms with Crippen LogP contribution in [0.4, 0.5) is 5.69 Å². The highest BCUT2D eigenvalue weighted by molar-refractivity contribution is 7.89. The molecule has 1 aromatic carbocycles. The molecule has 0 unspecified atom stereocenters. The summed E-state index contributed by atoms with van der Waals surface area (Å²) in [5, 5.41) is 10.6. The van der Waals surface area contributed by atoms with Gasteiger partial charge in [0.25, 0.3) is 5.69 Å². The van der Waals surface area contributed by atoms with E-state index in [0.29, 0.717) is 6.42 Å². The normalized spacial score (nSPS) is 25.8. The van der Waals surface area contributed by atoms with E-state index >= 15 is 0 Å². The number of nitro benzene ring substituents is 1. The van der Waals surface area contributed by atoms with Crippen LogP contribution < -0.4 is 10.5 Å². The highest BCUT2D eigenvalue weighted by Gasteiger charge is 2.40. The first-order valence-corrected chi connectivity index (χ1v) is 8.77. The minimum atomic E-state index is -3.76. The number of nitrogens with two attached hydrogens (primary N) is 1. The summed E-state index contributed by atoms with van der Waals surface area (Å²) in [6.45, 7) is 2.24. The number of nitrogens with zero attached hydrogens (tertiary/aromatic N) is 1. The largest absolute Gasteiger partial charge is 0.329 e. The van der Waals surface area contributed by atoms with Crippen LogP contribution in [0.2, 0.25) is 0 Å². The van der Waals surface area contributed by atoms with Gasteiger partial charge in [0, 0.05) is 24.2 Å². The van der Waals surface area contributed by atoms with E-state index in [1.165, 1.54) is 24.3 Å². The topological polar surface area (TPSA) is 115 Å². The molecule has 122 valence electrons. The predicted octanol–water partition coefficient (Wildman–Crippen LogP) is 1.78.